The maximum Gasteiger partial charge on any atom is 0.119 e. The van der Waals surface area contributed by atoms with Gasteiger partial charge < -0.3 is 9.84 Å². The number of hydrogen-bond acceptors (Lipinski definition) is 2. The fourth-order valence-corrected chi connectivity index (χ4v) is 4.99. The Kier molecular flexibility index (Phi) is 9.40. The third kappa shape index (κ3) is 7.02. The minimum Gasteiger partial charge on any atom is -0.508 e. The minimum atomic E-state index is 0.0848. The molecule has 2 nitrogen and oxygen atoms in total. The summed E-state index contributed by atoms with van der Waals surface area (Å²) in [7, 11) is 0.0848. The van der Waals surface area contributed by atoms with Crippen molar-refractivity contribution in [1.82, 2.24) is 0 Å². The molecule has 0 spiro atoms. The van der Waals surface area contributed by atoms with E-state index >= 15 is 0 Å². The largest absolute Gasteiger partial charge is 0.508 e. The van der Waals surface area contributed by atoms with Crippen molar-refractivity contribution in [1.29, 1.82) is 0 Å². The van der Waals surface area contributed by atoms with Gasteiger partial charge in [-0.15, -0.1) is 21.8 Å². The molecule has 2 rings (SSSR count). The lowest BCUT2D eigenvalue weighted by Crippen LogP contribution is -1.97. The van der Waals surface area contributed by atoms with Crippen molar-refractivity contribution >= 4 is 28.8 Å². The van der Waals surface area contributed by atoms with Gasteiger partial charge in [0.15, 0.2) is 0 Å². The summed E-state index contributed by atoms with van der Waals surface area (Å²) >= 11 is 2.55. The second-order valence-corrected chi connectivity index (χ2v) is 10.7. The normalized spacial score (nSPS) is 11.3. The van der Waals surface area contributed by atoms with E-state index in [1.54, 1.807) is 6.07 Å². The highest BCUT2D eigenvalue weighted by atomic mass is 127. The highest BCUT2D eigenvalue weighted by molar-refractivity contribution is 14.1. The van der Waals surface area contributed by atoms with Gasteiger partial charge in [-0.05, 0) is 53.8 Å². The Bertz CT molecular complexity index is 628. The molecule has 0 heterocycles. The average molecular weight is 468 g/mol. The van der Waals surface area contributed by atoms with Crippen molar-refractivity contribution in [3.63, 3.8) is 0 Å². The van der Waals surface area contributed by atoms with E-state index in [1.165, 1.54) is 48.4 Å². The molecular weight excluding hydrogens is 439 g/mol. The van der Waals surface area contributed by atoms with E-state index in [4.69, 9.17) is 4.74 Å². The lowest BCUT2D eigenvalue weighted by atomic mass is 9.96. The van der Waals surface area contributed by atoms with Gasteiger partial charge in [0.25, 0.3) is 0 Å². The molecule has 0 aliphatic rings. The Balaban J connectivity index is 2.01. The van der Waals surface area contributed by atoms with Gasteiger partial charge in [-0.2, -0.15) is 0 Å². The molecule has 4 heteroatoms. The highest BCUT2D eigenvalue weighted by Gasteiger charge is 2.07. The topological polar surface area (TPSA) is 29.5 Å². The first kappa shape index (κ1) is 20.3. The number of aromatic hydroxyl groups is 1. The minimum absolute atomic E-state index is 0.0848. The molecular formula is C21H29IO2Si. The van der Waals surface area contributed by atoms with Crippen LogP contribution in [0, 0.1) is 0 Å². The smallest absolute Gasteiger partial charge is 0.119 e. The number of aryl methyl sites for hydroxylation is 1. The van der Waals surface area contributed by atoms with Crippen molar-refractivity contribution in [3.05, 3.63) is 48.0 Å². The van der Waals surface area contributed by atoms with Crippen LogP contribution in [-0.2, 0) is 6.42 Å². The molecule has 0 aliphatic carbocycles. The van der Waals surface area contributed by atoms with Crippen LogP contribution in [0.3, 0.4) is 0 Å². The van der Waals surface area contributed by atoms with Gasteiger partial charge >= 0.3 is 0 Å². The van der Waals surface area contributed by atoms with Crippen LogP contribution in [0.4, 0.5) is 0 Å². The molecule has 2 aromatic rings. The van der Waals surface area contributed by atoms with Crippen LogP contribution in [0.25, 0.3) is 11.1 Å². The molecule has 1 N–H and O–H groups in total. The van der Waals surface area contributed by atoms with Gasteiger partial charge in [0, 0.05) is 0 Å². The molecule has 0 bridgehead atoms. The molecule has 0 saturated heterocycles. The molecule has 136 valence electrons. The summed E-state index contributed by atoms with van der Waals surface area (Å²) in [6.45, 7) is 3.02. The SMILES string of the molecule is CCCCCCOc1ccc(-c2ccc(O)cc2CCC[SiH2]I)cc1. The van der Waals surface area contributed by atoms with Crippen LogP contribution in [0.2, 0.25) is 6.04 Å². The van der Waals surface area contributed by atoms with E-state index in [1.807, 2.05) is 12.1 Å². The van der Waals surface area contributed by atoms with Crippen molar-refractivity contribution in [2.45, 2.75) is 51.5 Å². The lowest BCUT2D eigenvalue weighted by molar-refractivity contribution is 0.305. The van der Waals surface area contributed by atoms with Crippen molar-refractivity contribution in [3.8, 4) is 22.6 Å². The summed E-state index contributed by atoms with van der Waals surface area (Å²) in [5.74, 6) is 1.30. The number of phenols is 1. The highest BCUT2D eigenvalue weighted by Crippen LogP contribution is 2.29. The summed E-state index contributed by atoms with van der Waals surface area (Å²) < 4.78 is 5.84. The predicted octanol–water partition coefficient (Wildman–Crippen LogP) is 5.89. The fourth-order valence-electron chi connectivity index (χ4n) is 2.93. The number of halogens is 1. The van der Waals surface area contributed by atoms with Crippen molar-refractivity contribution in [2.24, 2.45) is 0 Å². The zero-order valence-electron chi connectivity index (χ0n) is 15.1. The molecule has 25 heavy (non-hydrogen) atoms. The van der Waals surface area contributed by atoms with Crippen LogP contribution < -0.4 is 4.74 Å². The Morgan fingerprint density at radius 3 is 2.52 bits per heavy atom. The van der Waals surface area contributed by atoms with E-state index in [9.17, 15) is 5.11 Å². The second-order valence-electron chi connectivity index (χ2n) is 6.42. The van der Waals surface area contributed by atoms with Gasteiger partial charge in [-0.1, -0.05) is 56.9 Å². The monoisotopic (exact) mass is 468 g/mol. The van der Waals surface area contributed by atoms with Gasteiger partial charge in [0.1, 0.15) is 11.5 Å². The van der Waals surface area contributed by atoms with E-state index in [0.717, 1.165) is 25.2 Å². The Labute approximate surface area is 167 Å². The van der Waals surface area contributed by atoms with Crippen LogP contribution in [0.15, 0.2) is 42.5 Å². The van der Waals surface area contributed by atoms with Gasteiger partial charge in [0.2, 0.25) is 0 Å². The number of unbranched alkanes of at least 4 members (excludes halogenated alkanes) is 3. The lowest BCUT2D eigenvalue weighted by Gasteiger charge is -2.12. The first-order valence-electron chi connectivity index (χ1n) is 9.35. The standard InChI is InChI=1S/C21H29IO2Si/c1-2-3-4-5-14-24-20-11-8-17(9-12-20)21-13-10-19(23)16-18(21)7-6-15-25-22/h8-13,16,23H,2-7,14-15,25H2,1H3. The molecule has 0 atom stereocenters. The van der Waals surface area contributed by atoms with Crippen molar-refractivity contribution < 1.29 is 9.84 Å². The summed E-state index contributed by atoms with van der Waals surface area (Å²) in [5, 5.41) is 9.83. The summed E-state index contributed by atoms with van der Waals surface area (Å²) in [6, 6.07) is 15.5. The van der Waals surface area contributed by atoms with Crippen LogP contribution in [-0.4, -0.2) is 18.7 Å². The van der Waals surface area contributed by atoms with Crippen LogP contribution in [0.1, 0.15) is 44.6 Å². The van der Waals surface area contributed by atoms with Gasteiger partial charge in [-0.3, -0.25) is 0 Å². The molecule has 0 unspecified atom stereocenters. The zero-order valence-corrected chi connectivity index (χ0v) is 18.7. The molecule has 2 aromatic carbocycles. The molecule has 0 amide bonds. The quantitative estimate of drug-likeness (QED) is 0.193. The van der Waals surface area contributed by atoms with E-state index in [-0.39, 0.29) is 7.02 Å². The Hall–Kier alpha value is -1.01. The molecule has 0 fully saturated rings. The number of hydrogen-bond donors (Lipinski definition) is 1. The maximum atomic E-state index is 9.83. The average Bonchev–Trinajstić information content (AvgIpc) is 2.63. The third-order valence-electron chi connectivity index (χ3n) is 4.35. The van der Waals surface area contributed by atoms with E-state index < -0.39 is 0 Å². The molecule has 0 saturated carbocycles. The van der Waals surface area contributed by atoms with Gasteiger partial charge in [0.05, 0.1) is 13.6 Å². The number of ether oxygens (including phenoxy) is 1. The predicted molar refractivity (Wildman–Crippen MR) is 119 cm³/mol. The molecule has 0 aromatic heterocycles. The molecule has 0 aliphatic heterocycles. The van der Waals surface area contributed by atoms with Gasteiger partial charge in [-0.25, -0.2) is 0 Å². The Morgan fingerprint density at radius 2 is 1.80 bits per heavy atom. The number of benzene rings is 2. The molecule has 0 radical (unpaired) electrons. The van der Waals surface area contributed by atoms with Crippen LogP contribution >= 0.6 is 21.8 Å². The van der Waals surface area contributed by atoms with E-state index in [0.29, 0.717) is 5.75 Å². The van der Waals surface area contributed by atoms with E-state index in [2.05, 4.69) is 53.0 Å². The third-order valence-corrected chi connectivity index (χ3v) is 7.41. The number of rotatable bonds is 11. The summed E-state index contributed by atoms with van der Waals surface area (Å²) in [4.78, 5) is 0. The number of phenolic OH excluding ortho intramolecular Hbond substituents is 1. The first-order chi connectivity index (χ1) is 12.2. The summed E-state index contributed by atoms with van der Waals surface area (Å²) in [6.07, 6.45) is 7.15. The maximum absolute atomic E-state index is 9.83. The summed E-state index contributed by atoms with van der Waals surface area (Å²) in [5.41, 5.74) is 3.66. The second kappa shape index (κ2) is 11.6. The zero-order chi connectivity index (χ0) is 17.9. The Morgan fingerprint density at radius 1 is 1.00 bits per heavy atom. The van der Waals surface area contributed by atoms with Crippen molar-refractivity contribution in [2.75, 3.05) is 6.61 Å². The first-order valence-corrected chi connectivity index (χ1v) is 15.5. The fraction of sp³-hybridized carbons (Fsp3) is 0.429. The van der Waals surface area contributed by atoms with Crippen LogP contribution in [0.5, 0.6) is 11.5 Å².